The van der Waals surface area contributed by atoms with Crippen LogP contribution in [0.15, 0.2) is 48.5 Å². The van der Waals surface area contributed by atoms with Crippen molar-refractivity contribution in [3.05, 3.63) is 59.7 Å². The van der Waals surface area contributed by atoms with Crippen LogP contribution in [-0.2, 0) is 9.53 Å². The fourth-order valence-corrected chi connectivity index (χ4v) is 3.21. The maximum Gasteiger partial charge on any atom is 0.407 e. The standard InChI is InChI=1S/C19H20N2O4/c20-10-9-17(18(22)23)21-19(24)25-11-16-14-7-3-1-5-12(14)13-6-2-4-8-15(13)16/h1-8,16-17H,9-11,20H2,(H,21,24)(H,22,23). The van der Waals surface area contributed by atoms with Gasteiger partial charge in [0.2, 0.25) is 0 Å². The predicted molar refractivity (Wildman–Crippen MR) is 93.3 cm³/mol. The molecule has 6 heteroatoms. The smallest absolute Gasteiger partial charge is 0.407 e. The third-order valence-electron chi connectivity index (χ3n) is 4.39. The minimum atomic E-state index is -1.13. The Hall–Kier alpha value is -2.86. The van der Waals surface area contributed by atoms with E-state index in [4.69, 9.17) is 15.6 Å². The summed E-state index contributed by atoms with van der Waals surface area (Å²) in [5.74, 6) is -1.19. The van der Waals surface area contributed by atoms with Gasteiger partial charge < -0.3 is 20.9 Å². The first-order chi connectivity index (χ1) is 12.1. The molecule has 0 spiro atoms. The second-order valence-corrected chi connectivity index (χ2v) is 5.94. The number of nitrogens with one attached hydrogen (secondary N) is 1. The van der Waals surface area contributed by atoms with Gasteiger partial charge in [-0.1, -0.05) is 48.5 Å². The lowest BCUT2D eigenvalue weighted by atomic mass is 9.98. The first-order valence-corrected chi connectivity index (χ1v) is 8.16. The van der Waals surface area contributed by atoms with Gasteiger partial charge >= 0.3 is 12.1 Å². The lowest BCUT2D eigenvalue weighted by molar-refractivity contribution is -0.139. The Morgan fingerprint density at radius 1 is 1.08 bits per heavy atom. The number of nitrogens with two attached hydrogens (primary N) is 1. The third-order valence-corrected chi connectivity index (χ3v) is 4.39. The molecule has 0 radical (unpaired) electrons. The summed E-state index contributed by atoms with van der Waals surface area (Å²) in [5, 5.41) is 11.4. The van der Waals surface area contributed by atoms with Crippen LogP contribution in [0, 0.1) is 0 Å². The van der Waals surface area contributed by atoms with E-state index in [0.29, 0.717) is 0 Å². The first-order valence-electron chi connectivity index (χ1n) is 8.16. The quantitative estimate of drug-likeness (QED) is 0.749. The van der Waals surface area contributed by atoms with E-state index >= 15 is 0 Å². The zero-order chi connectivity index (χ0) is 17.8. The number of alkyl carbamates (subject to hydrolysis) is 1. The highest BCUT2D eigenvalue weighted by Gasteiger charge is 2.29. The van der Waals surface area contributed by atoms with Crippen molar-refractivity contribution in [1.82, 2.24) is 5.32 Å². The predicted octanol–water partition coefficient (Wildman–Crippen LogP) is 2.33. The molecule has 1 unspecified atom stereocenters. The van der Waals surface area contributed by atoms with Gasteiger partial charge in [-0.2, -0.15) is 0 Å². The van der Waals surface area contributed by atoms with E-state index in [9.17, 15) is 9.59 Å². The van der Waals surface area contributed by atoms with Gasteiger partial charge in [0.15, 0.2) is 0 Å². The molecule has 25 heavy (non-hydrogen) atoms. The largest absolute Gasteiger partial charge is 0.480 e. The molecular weight excluding hydrogens is 320 g/mol. The highest BCUT2D eigenvalue weighted by Crippen LogP contribution is 2.44. The molecule has 6 nitrogen and oxygen atoms in total. The molecule has 0 bridgehead atoms. The van der Waals surface area contributed by atoms with Crippen LogP contribution in [0.5, 0.6) is 0 Å². The second kappa shape index (κ2) is 7.36. The van der Waals surface area contributed by atoms with Crippen molar-refractivity contribution in [2.24, 2.45) is 5.73 Å². The van der Waals surface area contributed by atoms with Crippen molar-refractivity contribution in [2.45, 2.75) is 18.4 Å². The van der Waals surface area contributed by atoms with Gasteiger partial charge in [-0.05, 0) is 35.2 Å². The van der Waals surface area contributed by atoms with E-state index in [1.54, 1.807) is 0 Å². The minimum Gasteiger partial charge on any atom is -0.480 e. The number of carboxylic acids is 1. The fourth-order valence-electron chi connectivity index (χ4n) is 3.21. The highest BCUT2D eigenvalue weighted by atomic mass is 16.5. The topological polar surface area (TPSA) is 102 Å². The van der Waals surface area contributed by atoms with Gasteiger partial charge in [-0.3, -0.25) is 0 Å². The number of fused-ring (bicyclic) bond motifs is 3. The summed E-state index contributed by atoms with van der Waals surface area (Å²) in [6.45, 7) is 0.315. The maximum atomic E-state index is 12.0. The summed E-state index contributed by atoms with van der Waals surface area (Å²) < 4.78 is 5.31. The minimum absolute atomic E-state index is 0.0593. The molecule has 0 saturated carbocycles. The van der Waals surface area contributed by atoms with Crippen LogP contribution in [0.2, 0.25) is 0 Å². The lowest BCUT2D eigenvalue weighted by Crippen LogP contribution is -2.42. The van der Waals surface area contributed by atoms with Gasteiger partial charge in [0.05, 0.1) is 0 Å². The normalized spacial score (nSPS) is 13.6. The van der Waals surface area contributed by atoms with Crippen LogP contribution in [0.1, 0.15) is 23.5 Å². The van der Waals surface area contributed by atoms with E-state index in [1.165, 1.54) is 0 Å². The molecule has 1 aliphatic rings. The summed E-state index contributed by atoms with van der Waals surface area (Å²) >= 11 is 0. The number of aliphatic carboxylic acids is 1. The zero-order valence-corrected chi connectivity index (χ0v) is 13.6. The highest BCUT2D eigenvalue weighted by molar-refractivity contribution is 5.81. The van der Waals surface area contributed by atoms with Crippen molar-refractivity contribution in [2.75, 3.05) is 13.2 Å². The Kier molecular flexibility index (Phi) is 5.00. The van der Waals surface area contributed by atoms with Crippen molar-refractivity contribution in [1.29, 1.82) is 0 Å². The number of rotatable bonds is 6. The molecule has 3 rings (SSSR count). The number of ether oxygens (including phenoxy) is 1. The summed E-state index contributed by atoms with van der Waals surface area (Å²) in [4.78, 5) is 23.1. The van der Waals surface area contributed by atoms with Crippen LogP contribution in [-0.4, -0.2) is 36.4 Å². The molecule has 1 aliphatic carbocycles. The van der Waals surface area contributed by atoms with Crippen molar-refractivity contribution < 1.29 is 19.4 Å². The van der Waals surface area contributed by atoms with Crippen LogP contribution in [0.4, 0.5) is 4.79 Å². The Bertz CT molecular complexity index is 745. The molecule has 2 aromatic carbocycles. The molecule has 0 heterocycles. The van der Waals surface area contributed by atoms with E-state index < -0.39 is 18.1 Å². The third kappa shape index (κ3) is 3.49. The van der Waals surface area contributed by atoms with Crippen molar-refractivity contribution in [3.8, 4) is 11.1 Å². The fraction of sp³-hybridized carbons (Fsp3) is 0.263. The molecule has 2 aromatic rings. The van der Waals surface area contributed by atoms with E-state index in [1.807, 2.05) is 36.4 Å². The number of hydrogen-bond donors (Lipinski definition) is 3. The number of carboxylic acid groups (broad SMARTS) is 1. The van der Waals surface area contributed by atoms with Gasteiger partial charge in [0.1, 0.15) is 12.6 Å². The molecule has 0 fully saturated rings. The molecule has 0 aliphatic heterocycles. The van der Waals surface area contributed by atoms with Crippen molar-refractivity contribution >= 4 is 12.1 Å². The number of benzene rings is 2. The molecule has 0 aromatic heterocycles. The number of amides is 1. The van der Waals surface area contributed by atoms with E-state index in [2.05, 4.69) is 17.4 Å². The summed E-state index contributed by atoms with van der Waals surface area (Å²) in [7, 11) is 0. The Balaban J connectivity index is 1.71. The zero-order valence-electron chi connectivity index (χ0n) is 13.6. The molecule has 4 N–H and O–H groups in total. The van der Waals surface area contributed by atoms with E-state index in [0.717, 1.165) is 22.3 Å². The summed E-state index contributed by atoms with van der Waals surface area (Å²) in [5.41, 5.74) is 9.85. The van der Waals surface area contributed by atoms with Gasteiger partial charge in [0, 0.05) is 5.92 Å². The van der Waals surface area contributed by atoms with Gasteiger partial charge in [0.25, 0.3) is 0 Å². The first kappa shape index (κ1) is 17.0. The van der Waals surface area contributed by atoms with Crippen molar-refractivity contribution in [3.63, 3.8) is 0 Å². The monoisotopic (exact) mass is 340 g/mol. The molecular formula is C19H20N2O4. The average molecular weight is 340 g/mol. The Morgan fingerprint density at radius 3 is 2.16 bits per heavy atom. The Labute approximate surface area is 145 Å². The average Bonchev–Trinajstić information content (AvgIpc) is 2.93. The lowest BCUT2D eigenvalue weighted by Gasteiger charge is -2.17. The van der Waals surface area contributed by atoms with Crippen LogP contribution in [0.25, 0.3) is 11.1 Å². The number of hydrogen-bond acceptors (Lipinski definition) is 4. The van der Waals surface area contributed by atoms with E-state index in [-0.39, 0.29) is 25.5 Å². The number of carbonyl (C=O) groups excluding carboxylic acids is 1. The second-order valence-electron chi connectivity index (χ2n) is 5.94. The maximum absolute atomic E-state index is 12.0. The molecule has 1 atom stereocenters. The molecule has 1 amide bonds. The Morgan fingerprint density at radius 2 is 1.64 bits per heavy atom. The van der Waals surface area contributed by atoms with Crippen LogP contribution in [0.3, 0.4) is 0 Å². The molecule has 0 saturated heterocycles. The van der Waals surface area contributed by atoms with Crippen LogP contribution >= 0.6 is 0 Å². The SMILES string of the molecule is NCCC(NC(=O)OCC1c2ccccc2-c2ccccc21)C(=O)O. The van der Waals surface area contributed by atoms with Gasteiger partial charge in [-0.25, -0.2) is 9.59 Å². The summed E-state index contributed by atoms with van der Waals surface area (Å²) in [6.07, 6.45) is -0.595. The number of carbonyl (C=O) groups is 2. The van der Waals surface area contributed by atoms with Gasteiger partial charge in [-0.15, -0.1) is 0 Å². The molecule has 130 valence electrons. The van der Waals surface area contributed by atoms with Crippen LogP contribution < -0.4 is 11.1 Å². The summed E-state index contributed by atoms with van der Waals surface area (Å²) in [6, 6.07) is 15.0.